The predicted molar refractivity (Wildman–Crippen MR) is 479 cm³/mol. The Morgan fingerprint density at radius 3 is 1.59 bits per heavy atom. The summed E-state index contributed by atoms with van der Waals surface area (Å²) in [6.45, 7) is 11.8. The highest BCUT2D eigenvalue weighted by molar-refractivity contribution is 6.34. The van der Waals surface area contributed by atoms with Crippen molar-refractivity contribution < 1.29 is 76.3 Å². The summed E-state index contributed by atoms with van der Waals surface area (Å²) in [7, 11) is 1.97. The van der Waals surface area contributed by atoms with Gasteiger partial charge in [-0.15, -0.1) is 0 Å². The number of para-hydroxylation sites is 4. The molecule has 4 saturated heterocycles. The Morgan fingerprint density at radius 1 is 0.516 bits per heavy atom. The molecule has 1 unspecified atom stereocenters. The number of aryl methyl sites for hydroxylation is 1. The van der Waals surface area contributed by atoms with Crippen molar-refractivity contribution in [1.29, 1.82) is 5.26 Å². The molecule has 20 rings (SSSR count). The summed E-state index contributed by atoms with van der Waals surface area (Å²) in [6, 6.07) is 64.1. The van der Waals surface area contributed by atoms with Gasteiger partial charge in [-0.25, -0.2) is 4.39 Å². The number of aliphatic hydroxyl groups is 2. The summed E-state index contributed by atoms with van der Waals surface area (Å²) >= 11 is 18.4. The Morgan fingerprint density at radius 2 is 1.02 bits per heavy atom. The molecule has 4 amide bonds. The van der Waals surface area contributed by atoms with Gasteiger partial charge >= 0.3 is 0 Å². The van der Waals surface area contributed by atoms with Gasteiger partial charge in [0.05, 0.1) is 86.6 Å². The van der Waals surface area contributed by atoms with Crippen LogP contribution in [0.4, 0.5) is 4.39 Å². The number of phenolic OH excluding ortho intramolecular Hbond substituents is 1. The van der Waals surface area contributed by atoms with Crippen LogP contribution in [0.15, 0.2) is 225 Å². The van der Waals surface area contributed by atoms with E-state index < -0.39 is 34.3 Å². The number of hydrogen-bond donors (Lipinski definition) is 3. The average Bonchev–Trinajstić information content (AvgIpc) is 1.66. The minimum Gasteiger partial charge on any atom is -0.507 e. The number of aliphatic hydroxyl groups excluding tert-OH is 2. The average molecular weight is 1770 g/mol. The van der Waals surface area contributed by atoms with Crippen LogP contribution in [0, 0.1) is 17.1 Å². The number of carbonyl (C=O) groups excluding carboxylic acids is 4. The van der Waals surface area contributed by atoms with Crippen LogP contribution in [0.3, 0.4) is 0 Å². The number of piperidine rings is 4. The fourth-order valence-electron chi connectivity index (χ4n) is 18.3. The molecule has 126 heavy (non-hydrogen) atoms. The van der Waals surface area contributed by atoms with E-state index in [0.29, 0.717) is 159 Å². The van der Waals surface area contributed by atoms with E-state index >= 15 is 0 Å². The van der Waals surface area contributed by atoms with Crippen molar-refractivity contribution in [2.24, 2.45) is 7.05 Å². The molecule has 0 aliphatic carbocycles. The highest BCUT2D eigenvalue weighted by Crippen LogP contribution is 2.53. The maximum absolute atomic E-state index is 13.6. The van der Waals surface area contributed by atoms with E-state index in [0.717, 1.165) is 80.0 Å². The molecule has 0 bridgehead atoms. The normalized spacial score (nSPS) is 16.6. The smallest absolute Gasteiger partial charge is 0.257 e. The second-order valence-corrected chi connectivity index (χ2v) is 34.4. The van der Waals surface area contributed by atoms with Crippen LogP contribution >= 0.6 is 34.8 Å². The number of nitriles is 1. The van der Waals surface area contributed by atoms with E-state index in [1.54, 1.807) is 52.3 Å². The number of phenols is 1. The zero-order valence-corrected chi connectivity index (χ0v) is 72.4. The number of ether oxygens (including phenoxy) is 7. The van der Waals surface area contributed by atoms with E-state index in [1.807, 2.05) is 194 Å². The monoisotopic (exact) mass is 1760 g/mol. The summed E-state index contributed by atoms with van der Waals surface area (Å²) in [5, 5.41) is 43.8. The van der Waals surface area contributed by atoms with E-state index in [2.05, 4.69) is 38.5 Å². The lowest BCUT2D eigenvalue weighted by atomic mass is 9.81. The van der Waals surface area contributed by atoms with Crippen LogP contribution in [0.5, 0.6) is 46.0 Å². The third kappa shape index (κ3) is 16.6. The van der Waals surface area contributed by atoms with Crippen molar-refractivity contribution in [1.82, 2.24) is 43.1 Å². The zero-order valence-electron chi connectivity index (χ0n) is 70.1. The SMILES string of the molecule is CC(C)Oc1ccc(C(=O)N2CCC3(CC2)Oc2ccccc2-c2c3cnn2C)c(OC(C)C)c1.N#Cc1ccc2n1-c1ccccc1OC21CCN(C(=O)c2ccc(OCC(O)CO)cc2)CC1.O=C(c1ccc(F)cc1Cl)N1CCC2(CC1)Oc1cc(Cl)ccc1-n1cccc12.O=C(c1ccccc1O)N1CCC2(CC1)Oc1cc(Cl)ccc1-n1cccc12.[HH].[HH].[HH]. The van der Waals surface area contributed by atoms with E-state index in [4.69, 9.17) is 73.1 Å². The van der Waals surface area contributed by atoms with Crippen LogP contribution in [0.1, 0.15) is 153 Å². The maximum Gasteiger partial charge on any atom is 0.257 e. The first-order chi connectivity index (χ1) is 60.9. The number of amides is 4. The van der Waals surface area contributed by atoms with Crippen molar-refractivity contribution in [3.63, 3.8) is 0 Å². The maximum atomic E-state index is 13.6. The largest absolute Gasteiger partial charge is 0.507 e. The molecule has 4 spiro atoms. The highest BCUT2D eigenvalue weighted by Gasteiger charge is 2.50. The Bertz CT molecular complexity index is 6160. The van der Waals surface area contributed by atoms with Crippen LogP contribution < -0.4 is 33.2 Å². The van der Waals surface area contributed by atoms with Gasteiger partial charge in [-0.3, -0.25) is 28.4 Å². The molecule has 654 valence electrons. The Hall–Kier alpha value is -12.7. The molecule has 4 aromatic heterocycles. The summed E-state index contributed by atoms with van der Waals surface area (Å²) in [5.74, 6) is 3.99. The predicted octanol–water partition coefficient (Wildman–Crippen LogP) is 18.3. The third-order valence-corrected chi connectivity index (χ3v) is 25.3. The molecule has 8 aromatic carbocycles. The number of aromatic hydroxyl groups is 1. The topological polar surface area (TPSA) is 263 Å². The molecule has 0 radical (unpaired) electrons. The van der Waals surface area contributed by atoms with Gasteiger partial charge < -0.3 is 77.2 Å². The molecule has 4 fully saturated rings. The summed E-state index contributed by atoms with van der Waals surface area (Å²) in [5.41, 5.74) is 9.40. The quantitative estimate of drug-likeness (QED) is 0.103. The first-order valence-electron chi connectivity index (χ1n) is 42.3. The lowest BCUT2D eigenvalue weighted by molar-refractivity contribution is -0.00984. The van der Waals surface area contributed by atoms with Gasteiger partial charge in [0.1, 0.15) is 81.9 Å². The van der Waals surface area contributed by atoms with Crippen molar-refractivity contribution in [3.05, 3.63) is 296 Å². The fraction of sp³-hybridized carbons (Fsp3) is 0.306. The van der Waals surface area contributed by atoms with Gasteiger partial charge in [0.2, 0.25) is 0 Å². The Balaban J connectivity index is 0.000000138. The highest BCUT2D eigenvalue weighted by atomic mass is 35.5. The van der Waals surface area contributed by atoms with Crippen LogP contribution in [-0.2, 0) is 29.5 Å². The Labute approximate surface area is 747 Å². The molecular formula is C98H100Cl3FN10O14. The molecule has 1 atom stereocenters. The second-order valence-electron chi connectivity index (χ2n) is 33.2. The van der Waals surface area contributed by atoms with Crippen LogP contribution in [0.2, 0.25) is 15.1 Å². The molecule has 3 N–H and O–H groups in total. The van der Waals surface area contributed by atoms with Crippen molar-refractivity contribution >= 4 is 58.4 Å². The standard InChI is InChI=1S/C28H33N3O4.C26H25N3O5.C22H17Cl2FN2O2.C22H19ClN2O3.3H2/c1-18(2)33-20-10-11-22(25(16-20)34-19(3)4)27(32)31-14-12-28(13-15-31)23-17-29-30(5)26(23)21-8-6-7-9-24(21)35-28;27-15-19-7-10-24-26(34-23-4-2-1-3-22(23)29(19)24)11-13-28(14-12-26)25(32)18-5-8-21(9-6-18)33-17-20(31)16-30;23-14-3-6-18-19(12-14)29-22(20-2-1-9-27(18)20)7-10-26(11-8-22)21(28)16-5-4-15(25)13-17(16)24;23-15-7-8-17-19(14-15)28-22(20-6-3-11-25(17)20)9-12-24(13-10-22)21(27)16-4-1-2-5-18(16)26;;;/h6-11,16-19H,12-15H2,1-5H3;1-10,20,30-31H,11-14,16-17H2;1-6,9,12-13H,7-8,10-11H2;1-8,11,14,26H,9-10,12-13H2;3*1H. The molecule has 12 heterocycles. The van der Waals surface area contributed by atoms with E-state index in [1.165, 1.54) is 18.2 Å². The van der Waals surface area contributed by atoms with Gasteiger partial charge in [0, 0.05) is 172 Å². The third-order valence-electron chi connectivity index (χ3n) is 24.6. The molecule has 0 saturated carbocycles. The van der Waals surface area contributed by atoms with E-state index in [9.17, 15) is 39.0 Å². The van der Waals surface area contributed by atoms with E-state index in [-0.39, 0.29) is 64.1 Å². The van der Waals surface area contributed by atoms with Crippen LogP contribution in [0.25, 0.3) is 28.3 Å². The van der Waals surface area contributed by atoms with Gasteiger partial charge in [0.15, 0.2) is 16.8 Å². The number of nitrogens with zero attached hydrogens (tertiary/aromatic N) is 10. The number of benzene rings is 8. The lowest BCUT2D eigenvalue weighted by Crippen LogP contribution is -2.50. The first-order valence-corrected chi connectivity index (χ1v) is 43.4. The minimum atomic E-state index is -0.943. The summed E-state index contributed by atoms with van der Waals surface area (Å²) in [4.78, 5) is 59.7. The van der Waals surface area contributed by atoms with Gasteiger partial charge in [-0.1, -0.05) is 71.2 Å². The molecule has 24 nitrogen and oxygen atoms in total. The lowest BCUT2D eigenvalue weighted by Gasteiger charge is -2.45. The number of likely N-dealkylation sites (tertiary alicyclic amines) is 4. The molecule has 12 aromatic rings. The van der Waals surface area contributed by atoms with Crippen molar-refractivity contribution in [2.45, 2.75) is 120 Å². The summed E-state index contributed by atoms with van der Waals surface area (Å²) < 4.78 is 64.9. The molecule has 8 aliphatic heterocycles. The number of rotatable bonds is 12. The number of aromatic nitrogens is 5. The minimum absolute atomic E-state index is 0. The first kappa shape index (κ1) is 85.5. The second kappa shape index (κ2) is 35.4. The number of carbonyl (C=O) groups is 4. The van der Waals surface area contributed by atoms with Gasteiger partial charge in [-0.2, -0.15) is 10.4 Å². The van der Waals surface area contributed by atoms with Crippen LogP contribution in [-0.4, -0.2) is 166 Å². The molecular weight excluding hydrogens is 1670 g/mol. The number of halogens is 4. The number of fused-ring (bicyclic) bond motifs is 16. The zero-order chi connectivity index (χ0) is 87.9. The fourth-order valence-corrected chi connectivity index (χ4v) is 18.9. The molecule has 8 aliphatic rings. The molecule has 28 heteroatoms. The van der Waals surface area contributed by atoms with Gasteiger partial charge in [0.25, 0.3) is 23.6 Å². The number of hydrogen-bond acceptors (Lipinski definition) is 16. The van der Waals surface area contributed by atoms with Crippen molar-refractivity contribution in [3.8, 4) is 80.4 Å². The Kier molecular flexibility index (Phi) is 24.0. The summed E-state index contributed by atoms with van der Waals surface area (Å²) in [6.07, 6.45) is 10.2. The van der Waals surface area contributed by atoms with Gasteiger partial charge in [-0.05, 0) is 179 Å². The van der Waals surface area contributed by atoms with Crippen molar-refractivity contribution in [2.75, 3.05) is 65.6 Å².